The largest absolute Gasteiger partial charge is 0.493 e. The van der Waals surface area contributed by atoms with Gasteiger partial charge in [-0.2, -0.15) is 4.99 Å². The van der Waals surface area contributed by atoms with Crippen molar-refractivity contribution in [1.29, 1.82) is 0 Å². The molecule has 8 nitrogen and oxygen atoms in total. The van der Waals surface area contributed by atoms with Crippen molar-refractivity contribution in [3.05, 3.63) is 45.8 Å². The van der Waals surface area contributed by atoms with Crippen LogP contribution in [0.15, 0.2) is 29.3 Å². The monoisotopic (exact) mass is 458 g/mol. The second kappa shape index (κ2) is 9.86. The lowest BCUT2D eigenvalue weighted by atomic mass is 10.1. The number of aromatic nitrogens is 1. The Hall–Kier alpha value is -3.33. The van der Waals surface area contributed by atoms with E-state index in [-0.39, 0.29) is 18.7 Å². The number of hydrogen-bond acceptors (Lipinski definition) is 7. The maximum atomic E-state index is 13.1. The minimum atomic E-state index is -0.498. The Morgan fingerprint density at radius 1 is 0.969 bits per heavy atom. The molecule has 0 saturated carbocycles. The molecule has 0 saturated heterocycles. The molecule has 9 heteroatoms. The first kappa shape index (κ1) is 23.3. The summed E-state index contributed by atoms with van der Waals surface area (Å²) >= 11 is 1.34. The highest BCUT2D eigenvalue weighted by Gasteiger charge is 2.18. The maximum absolute atomic E-state index is 13.1. The zero-order chi connectivity index (χ0) is 23.4. The molecule has 0 aliphatic heterocycles. The molecular formula is C23H26N2O6S. The highest BCUT2D eigenvalue weighted by Crippen LogP contribution is 2.38. The summed E-state index contributed by atoms with van der Waals surface area (Å²) in [5.74, 6) is 0.200. The van der Waals surface area contributed by atoms with Gasteiger partial charge in [-0.1, -0.05) is 11.3 Å². The molecule has 0 bridgehead atoms. The van der Waals surface area contributed by atoms with Gasteiger partial charge in [-0.05, 0) is 56.2 Å². The molecule has 0 N–H and O–H groups in total. The summed E-state index contributed by atoms with van der Waals surface area (Å²) in [6.45, 7) is 6.00. The van der Waals surface area contributed by atoms with E-state index in [2.05, 4.69) is 4.99 Å². The van der Waals surface area contributed by atoms with Crippen LogP contribution in [-0.2, 0) is 16.1 Å². The molecule has 1 aromatic heterocycles. The fourth-order valence-corrected chi connectivity index (χ4v) is 4.36. The number of aryl methyl sites for hydroxylation is 2. The molecule has 0 radical (unpaired) electrons. The van der Waals surface area contributed by atoms with Crippen LogP contribution in [0.3, 0.4) is 0 Å². The maximum Gasteiger partial charge on any atom is 0.326 e. The second-order valence-corrected chi connectivity index (χ2v) is 8.02. The average Bonchev–Trinajstić information content (AvgIpc) is 3.08. The predicted octanol–water partition coefficient (Wildman–Crippen LogP) is 3.65. The molecule has 3 aromatic rings. The lowest BCUT2D eigenvalue weighted by molar-refractivity contribution is -0.143. The topological polar surface area (TPSA) is 88.4 Å². The van der Waals surface area contributed by atoms with E-state index >= 15 is 0 Å². The molecule has 1 heterocycles. The SMILES string of the molecule is CCOC(=O)Cn1c(=NC(=O)c2cc(OC)c(OC)c(OC)c2)sc2cc(C)c(C)cc21. The molecule has 2 aromatic carbocycles. The molecular weight excluding hydrogens is 432 g/mol. The van der Waals surface area contributed by atoms with Gasteiger partial charge in [-0.15, -0.1) is 0 Å². The van der Waals surface area contributed by atoms with Crippen molar-refractivity contribution in [3.63, 3.8) is 0 Å². The zero-order valence-electron chi connectivity index (χ0n) is 19.0. The number of nitrogens with zero attached hydrogens (tertiary/aromatic N) is 2. The van der Waals surface area contributed by atoms with Gasteiger partial charge in [-0.25, -0.2) is 0 Å². The van der Waals surface area contributed by atoms with Crippen LogP contribution in [-0.4, -0.2) is 44.4 Å². The van der Waals surface area contributed by atoms with E-state index in [4.69, 9.17) is 18.9 Å². The first-order valence-electron chi connectivity index (χ1n) is 9.98. The minimum Gasteiger partial charge on any atom is -0.493 e. The summed E-state index contributed by atoms with van der Waals surface area (Å²) < 4.78 is 23.7. The van der Waals surface area contributed by atoms with Crippen LogP contribution >= 0.6 is 11.3 Å². The molecule has 0 aliphatic carbocycles. The molecule has 1 amide bonds. The standard InChI is InChI=1S/C23H26N2O6S/c1-7-31-20(26)12-25-16-8-13(2)14(3)9-19(16)32-23(25)24-22(27)15-10-17(28-4)21(30-6)18(11-15)29-5/h8-11H,7,12H2,1-6H3. The van der Waals surface area contributed by atoms with Gasteiger partial charge in [0, 0.05) is 5.56 Å². The van der Waals surface area contributed by atoms with Crippen molar-refractivity contribution in [2.45, 2.75) is 27.3 Å². The Labute approximate surface area is 190 Å². The van der Waals surface area contributed by atoms with Crippen molar-refractivity contribution in [1.82, 2.24) is 4.57 Å². The van der Waals surface area contributed by atoms with E-state index in [1.807, 2.05) is 26.0 Å². The fraction of sp³-hybridized carbons (Fsp3) is 0.348. The normalized spacial score (nSPS) is 11.5. The summed E-state index contributed by atoms with van der Waals surface area (Å²) in [5.41, 5.74) is 3.29. The van der Waals surface area contributed by atoms with E-state index in [1.165, 1.54) is 32.7 Å². The summed E-state index contributed by atoms with van der Waals surface area (Å²) in [7, 11) is 4.45. The Bertz CT molecular complexity index is 1220. The van der Waals surface area contributed by atoms with Crippen LogP contribution in [0.2, 0.25) is 0 Å². The predicted molar refractivity (Wildman–Crippen MR) is 122 cm³/mol. The summed E-state index contributed by atoms with van der Waals surface area (Å²) in [5, 5.41) is 0. The van der Waals surface area contributed by atoms with E-state index < -0.39 is 11.9 Å². The van der Waals surface area contributed by atoms with Crippen LogP contribution in [0, 0.1) is 13.8 Å². The Morgan fingerprint density at radius 2 is 1.59 bits per heavy atom. The van der Waals surface area contributed by atoms with Crippen LogP contribution in [0.4, 0.5) is 0 Å². The minimum absolute atomic E-state index is 0.0439. The van der Waals surface area contributed by atoms with Crippen LogP contribution in [0.25, 0.3) is 10.2 Å². The van der Waals surface area contributed by atoms with Gasteiger partial charge in [0.15, 0.2) is 16.3 Å². The van der Waals surface area contributed by atoms with Crippen molar-refractivity contribution in [2.75, 3.05) is 27.9 Å². The lowest BCUT2D eigenvalue weighted by Gasteiger charge is -2.12. The quantitative estimate of drug-likeness (QED) is 0.502. The van der Waals surface area contributed by atoms with Gasteiger partial charge in [0.25, 0.3) is 5.91 Å². The Balaban J connectivity index is 2.17. The summed E-state index contributed by atoms with van der Waals surface area (Å²) in [6.07, 6.45) is 0. The molecule has 0 spiro atoms. The first-order valence-corrected chi connectivity index (χ1v) is 10.8. The number of thiazole rings is 1. The van der Waals surface area contributed by atoms with Gasteiger partial charge in [-0.3, -0.25) is 9.59 Å². The Kier molecular flexibility index (Phi) is 7.19. The molecule has 0 atom stereocenters. The number of ether oxygens (including phenoxy) is 4. The number of carbonyl (C=O) groups is 2. The third-order valence-electron chi connectivity index (χ3n) is 5.00. The van der Waals surface area contributed by atoms with Crippen molar-refractivity contribution in [2.24, 2.45) is 4.99 Å². The molecule has 0 unspecified atom stereocenters. The van der Waals surface area contributed by atoms with Crippen LogP contribution in [0.5, 0.6) is 17.2 Å². The van der Waals surface area contributed by atoms with Crippen LogP contribution in [0.1, 0.15) is 28.4 Å². The third-order valence-corrected chi connectivity index (χ3v) is 6.04. The number of benzene rings is 2. The van der Waals surface area contributed by atoms with E-state index in [1.54, 1.807) is 23.6 Å². The van der Waals surface area contributed by atoms with Gasteiger partial charge < -0.3 is 23.5 Å². The smallest absolute Gasteiger partial charge is 0.326 e. The molecule has 0 fully saturated rings. The number of carbonyl (C=O) groups excluding carboxylic acids is 2. The van der Waals surface area contributed by atoms with Crippen molar-refractivity contribution < 1.29 is 28.5 Å². The van der Waals surface area contributed by atoms with Crippen molar-refractivity contribution >= 4 is 33.4 Å². The van der Waals surface area contributed by atoms with E-state index in [9.17, 15) is 9.59 Å². The molecule has 170 valence electrons. The highest BCUT2D eigenvalue weighted by atomic mass is 32.1. The number of hydrogen-bond donors (Lipinski definition) is 0. The number of methoxy groups -OCH3 is 3. The van der Waals surface area contributed by atoms with Gasteiger partial charge in [0.2, 0.25) is 5.75 Å². The van der Waals surface area contributed by atoms with Gasteiger partial charge in [0.05, 0.1) is 38.2 Å². The van der Waals surface area contributed by atoms with Gasteiger partial charge in [0.1, 0.15) is 6.54 Å². The third kappa shape index (κ3) is 4.62. The van der Waals surface area contributed by atoms with Crippen LogP contribution < -0.4 is 19.0 Å². The molecule has 0 aliphatic rings. The number of rotatable bonds is 7. The first-order chi connectivity index (χ1) is 15.3. The number of fused-ring (bicyclic) bond motifs is 1. The lowest BCUT2D eigenvalue weighted by Crippen LogP contribution is -2.23. The molecule has 32 heavy (non-hydrogen) atoms. The molecule has 3 rings (SSSR count). The van der Waals surface area contributed by atoms with E-state index in [0.717, 1.165) is 21.3 Å². The average molecular weight is 459 g/mol. The highest BCUT2D eigenvalue weighted by molar-refractivity contribution is 7.16. The van der Waals surface area contributed by atoms with Crippen molar-refractivity contribution in [3.8, 4) is 17.2 Å². The second-order valence-electron chi connectivity index (χ2n) is 7.01. The van der Waals surface area contributed by atoms with Gasteiger partial charge >= 0.3 is 5.97 Å². The zero-order valence-corrected chi connectivity index (χ0v) is 19.8. The number of amides is 1. The Morgan fingerprint density at radius 3 is 2.16 bits per heavy atom. The number of esters is 1. The van der Waals surface area contributed by atoms with E-state index in [0.29, 0.717) is 22.0 Å². The summed E-state index contributed by atoms with van der Waals surface area (Å²) in [6, 6.07) is 7.11. The fourth-order valence-electron chi connectivity index (χ4n) is 3.25. The summed E-state index contributed by atoms with van der Waals surface area (Å²) in [4.78, 5) is 30.1.